The summed E-state index contributed by atoms with van der Waals surface area (Å²) in [6.45, 7) is 5.79. The van der Waals surface area contributed by atoms with E-state index in [1.54, 1.807) is 6.92 Å². The Labute approximate surface area is 196 Å². The second kappa shape index (κ2) is 8.26. The number of nitrogens with one attached hydrogen (secondary N) is 1. The fourth-order valence-electron chi connectivity index (χ4n) is 6.98. The summed E-state index contributed by atoms with van der Waals surface area (Å²) in [4.78, 5) is 17.2. The first kappa shape index (κ1) is 22.6. The number of aryl methyl sites for hydroxylation is 2. The topological polar surface area (TPSA) is 89.3 Å². The standard InChI is InChI=1S/C26H34N2O4S/c1-16-4-6-22(7-5-16)25-28-23(17(2)32-25)14-33(30,31)15-24(29)27-18(3)26-11-19-8-20(12-26)10-21(9-19)13-26/h4-7,18-21H,8-15H2,1-3H3,(H,27,29). The quantitative estimate of drug-likeness (QED) is 0.639. The first-order valence-electron chi connectivity index (χ1n) is 12.1. The SMILES string of the molecule is Cc1ccc(-c2nc(CS(=O)(=O)CC(=O)NC(C)C34CC5CC(CC(C5)C3)C4)c(C)o2)cc1. The average Bonchev–Trinajstić information content (AvgIpc) is 3.06. The molecule has 33 heavy (non-hydrogen) atoms. The van der Waals surface area contributed by atoms with Gasteiger partial charge in [-0.15, -0.1) is 0 Å². The van der Waals surface area contributed by atoms with Crippen LogP contribution in [0.25, 0.3) is 11.5 Å². The lowest BCUT2D eigenvalue weighted by Gasteiger charge is -2.59. The van der Waals surface area contributed by atoms with Crippen LogP contribution >= 0.6 is 0 Å². The number of oxazole rings is 1. The number of nitrogens with zero attached hydrogens (tertiary/aromatic N) is 1. The van der Waals surface area contributed by atoms with Crippen LogP contribution in [0.15, 0.2) is 28.7 Å². The summed E-state index contributed by atoms with van der Waals surface area (Å²) in [5.74, 6) is 2.02. The van der Waals surface area contributed by atoms with Gasteiger partial charge in [0.05, 0.1) is 11.4 Å². The molecule has 1 unspecified atom stereocenters. The molecule has 0 saturated heterocycles. The summed E-state index contributed by atoms with van der Waals surface area (Å²) in [6, 6.07) is 7.73. The smallest absolute Gasteiger partial charge is 0.235 e. The lowest BCUT2D eigenvalue weighted by atomic mass is 9.48. The molecule has 4 aliphatic carbocycles. The van der Waals surface area contributed by atoms with E-state index in [0.29, 0.717) is 17.3 Å². The highest BCUT2D eigenvalue weighted by Gasteiger charge is 2.53. The molecule has 6 rings (SSSR count). The first-order valence-corrected chi connectivity index (χ1v) is 14.0. The molecule has 1 atom stereocenters. The Balaban J connectivity index is 1.22. The predicted octanol–water partition coefficient (Wildman–Crippen LogP) is 4.59. The minimum Gasteiger partial charge on any atom is -0.441 e. The van der Waals surface area contributed by atoms with Crippen LogP contribution in [0.2, 0.25) is 0 Å². The van der Waals surface area contributed by atoms with Gasteiger partial charge in [0.25, 0.3) is 0 Å². The maximum absolute atomic E-state index is 12.8. The van der Waals surface area contributed by atoms with E-state index in [0.717, 1.165) is 28.9 Å². The van der Waals surface area contributed by atoms with Gasteiger partial charge >= 0.3 is 0 Å². The van der Waals surface area contributed by atoms with Crippen molar-refractivity contribution >= 4 is 15.7 Å². The molecule has 1 heterocycles. The highest BCUT2D eigenvalue weighted by molar-refractivity contribution is 7.91. The van der Waals surface area contributed by atoms with Gasteiger partial charge in [-0.2, -0.15) is 0 Å². The van der Waals surface area contributed by atoms with Gasteiger partial charge in [-0.05, 0) is 94.6 Å². The van der Waals surface area contributed by atoms with Crippen molar-refractivity contribution in [3.05, 3.63) is 41.3 Å². The maximum Gasteiger partial charge on any atom is 0.235 e. The summed E-state index contributed by atoms with van der Waals surface area (Å²) >= 11 is 0. The van der Waals surface area contributed by atoms with Crippen molar-refractivity contribution in [3.8, 4) is 11.5 Å². The lowest BCUT2D eigenvalue weighted by Crippen LogP contribution is -2.56. The summed E-state index contributed by atoms with van der Waals surface area (Å²) in [7, 11) is -3.67. The minimum atomic E-state index is -3.67. The first-order chi connectivity index (χ1) is 15.6. The molecule has 4 saturated carbocycles. The van der Waals surface area contributed by atoms with Crippen molar-refractivity contribution in [2.24, 2.45) is 23.2 Å². The molecule has 2 aromatic rings. The highest BCUT2D eigenvalue weighted by atomic mass is 32.2. The lowest BCUT2D eigenvalue weighted by molar-refractivity contribution is -0.123. The number of amides is 1. The number of benzene rings is 1. The molecule has 1 amide bonds. The van der Waals surface area contributed by atoms with E-state index in [1.165, 1.54) is 38.5 Å². The number of sulfone groups is 1. The number of rotatable bonds is 7. The van der Waals surface area contributed by atoms with Crippen molar-refractivity contribution in [3.63, 3.8) is 0 Å². The monoisotopic (exact) mass is 470 g/mol. The molecular formula is C26H34N2O4S. The van der Waals surface area contributed by atoms with Crippen LogP contribution in [-0.2, 0) is 20.4 Å². The highest BCUT2D eigenvalue weighted by Crippen LogP contribution is 2.61. The van der Waals surface area contributed by atoms with Crippen LogP contribution in [0, 0.1) is 37.0 Å². The zero-order valence-electron chi connectivity index (χ0n) is 19.8. The minimum absolute atomic E-state index is 0.00975. The number of carbonyl (C=O) groups excluding carboxylic acids is 1. The Morgan fingerprint density at radius 1 is 1.09 bits per heavy atom. The van der Waals surface area contributed by atoms with Crippen LogP contribution in [-0.4, -0.2) is 31.1 Å². The van der Waals surface area contributed by atoms with E-state index in [1.807, 2.05) is 31.2 Å². The van der Waals surface area contributed by atoms with Crippen molar-refractivity contribution in [2.45, 2.75) is 71.1 Å². The average molecular weight is 471 g/mol. The van der Waals surface area contributed by atoms with E-state index >= 15 is 0 Å². The molecule has 0 aliphatic heterocycles. The number of hydrogen-bond acceptors (Lipinski definition) is 5. The molecule has 4 bridgehead atoms. The molecule has 178 valence electrons. The Morgan fingerprint density at radius 2 is 1.67 bits per heavy atom. The van der Waals surface area contributed by atoms with E-state index in [-0.39, 0.29) is 17.2 Å². The van der Waals surface area contributed by atoms with E-state index < -0.39 is 21.5 Å². The normalized spacial score (nSPS) is 29.2. The summed E-state index contributed by atoms with van der Waals surface area (Å²) in [6.07, 6.45) is 7.55. The van der Waals surface area contributed by atoms with Gasteiger partial charge in [-0.1, -0.05) is 17.7 Å². The summed E-state index contributed by atoms with van der Waals surface area (Å²) in [5, 5.41) is 3.07. The van der Waals surface area contributed by atoms with Gasteiger partial charge in [0, 0.05) is 11.6 Å². The molecule has 6 nitrogen and oxygen atoms in total. The van der Waals surface area contributed by atoms with E-state index in [9.17, 15) is 13.2 Å². The Kier molecular flexibility index (Phi) is 5.66. The molecule has 4 fully saturated rings. The molecule has 4 aliphatic rings. The molecule has 7 heteroatoms. The zero-order valence-corrected chi connectivity index (χ0v) is 20.6. The van der Waals surface area contributed by atoms with Crippen LogP contribution in [0.4, 0.5) is 0 Å². The van der Waals surface area contributed by atoms with Gasteiger partial charge in [-0.25, -0.2) is 13.4 Å². The van der Waals surface area contributed by atoms with Crippen LogP contribution in [0.5, 0.6) is 0 Å². The van der Waals surface area contributed by atoms with E-state index in [2.05, 4.69) is 17.2 Å². The fraction of sp³-hybridized carbons (Fsp3) is 0.615. The molecule has 1 aromatic heterocycles. The molecule has 1 aromatic carbocycles. The summed E-state index contributed by atoms with van der Waals surface area (Å²) < 4.78 is 31.4. The zero-order chi connectivity index (χ0) is 23.4. The Bertz CT molecular complexity index is 1110. The van der Waals surface area contributed by atoms with Crippen molar-refractivity contribution in [2.75, 3.05) is 5.75 Å². The maximum atomic E-state index is 12.8. The van der Waals surface area contributed by atoms with Gasteiger partial charge in [-0.3, -0.25) is 4.79 Å². The third kappa shape index (κ3) is 4.61. The van der Waals surface area contributed by atoms with Crippen molar-refractivity contribution in [1.29, 1.82) is 0 Å². The molecule has 1 N–H and O–H groups in total. The largest absolute Gasteiger partial charge is 0.441 e. The third-order valence-corrected chi connectivity index (χ3v) is 9.70. The molecular weight excluding hydrogens is 436 g/mol. The fourth-order valence-corrected chi connectivity index (χ4v) is 8.25. The van der Waals surface area contributed by atoms with Gasteiger partial charge in [0.1, 0.15) is 11.5 Å². The second-order valence-corrected chi connectivity index (χ2v) is 13.1. The Morgan fingerprint density at radius 3 is 2.24 bits per heavy atom. The van der Waals surface area contributed by atoms with Crippen LogP contribution in [0.1, 0.15) is 62.5 Å². The molecule has 0 spiro atoms. The van der Waals surface area contributed by atoms with Crippen LogP contribution in [0.3, 0.4) is 0 Å². The second-order valence-electron chi connectivity index (χ2n) is 11.0. The number of hydrogen-bond donors (Lipinski definition) is 1. The van der Waals surface area contributed by atoms with E-state index in [4.69, 9.17) is 4.42 Å². The van der Waals surface area contributed by atoms with Gasteiger partial charge < -0.3 is 9.73 Å². The van der Waals surface area contributed by atoms with Gasteiger partial charge in [0.15, 0.2) is 9.84 Å². The van der Waals surface area contributed by atoms with Crippen molar-refractivity contribution < 1.29 is 17.6 Å². The van der Waals surface area contributed by atoms with Crippen LogP contribution < -0.4 is 5.32 Å². The predicted molar refractivity (Wildman–Crippen MR) is 127 cm³/mol. The van der Waals surface area contributed by atoms with Gasteiger partial charge in [0.2, 0.25) is 11.8 Å². The number of carbonyl (C=O) groups is 1. The number of aromatic nitrogens is 1. The third-order valence-electron chi connectivity index (χ3n) is 8.28. The summed E-state index contributed by atoms with van der Waals surface area (Å²) in [5.41, 5.74) is 2.44. The Hall–Kier alpha value is -2.15. The van der Waals surface area contributed by atoms with Crippen molar-refractivity contribution in [1.82, 2.24) is 10.3 Å². The molecule has 0 radical (unpaired) electrons.